The van der Waals surface area contributed by atoms with Crippen LogP contribution in [0.25, 0.3) is 0 Å². The Hall–Kier alpha value is -0.800. The largest absolute Gasteiger partial charge is 0.469 e. The third-order valence-electron chi connectivity index (χ3n) is 5.53. The molecule has 1 aliphatic rings. The van der Waals surface area contributed by atoms with Crippen LogP contribution in [0.15, 0.2) is 16.7 Å². The number of rotatable bonds is 6. The molecule has 0 bridgehead atoms. The van der Waals surface area contributed by atoms with Gasteiger partial charge in [-0.1, -0.05) is 32.6 Å². The molecule has 3 nitrogen and oxygen atoms in total. The lowest BCUT2D eigenvalue weighted by molar-refractivity contribution is 0.0978. The average Bonchev–Trinajstić information content (AvgIpc) is 2.76. The molecule has 0 aliphatic heterocycles. The minimum atomic E-state index is 0.173. The number of aryl methyl sites for hydroxylation is 1. The summed E-state index contributed by atoms with van der Waals surface area (Å²) in [4.78, 5) is 2.49. The number of hydrogen-bond donors (Lipinski definition) is 1. The lowest BCUT2D eigenvalue weighted by atomic mass is 9.87. The van der Waals surface area contributed by atoms with Crippen LogP contribution in [-0.2, 0) is 6.54 Å². The van der Waals surface area contributed by atoms with Gasteiger partial charge in [-0.25, -0.2) is 0 Å². The van der Waals surface area contributed by atoms with Gasteiger partial charge in [-0.3, -0.25) is 4.90 Å². The molecule has 2 rings (SSSR count). The normalized spacial score (nSPS) is 27.0. The van der Waals surface area contributed by atoms with Gasteiger partial charge < -0.3 is 10.2 Å². The van der Waals surface area contributed by atoms with Crippen molar-refractivity contribution in [2.24, 2.45) is 11.7 Å². The van der Waals surface area contributed by atoms with Gasteiger partial charge >= 0.3 is 0 Å². The van der Waals surface area contributed by atoms with Crippen molar-refractivity contribution >= 4 is 0 Å². The summed E-state index contributed by atoms with van der Waals surface area (Å²) in [5.41, 5.74) is 7.69. The van der Waals surface area contributed by atoms with Gasteiger partial charge in [-0.05, 0) is 45.2 Å². The number of hydrogen-bond acceptors (Lipinski definition) is 3. The molecular weight excluding hydrogens is 260 g/mol. The standard InChI is InChI=1S/C18H32N2O/c1-4-6-16-7-5-10-18(14-19,11-8-16)20(3)13-17-9-12-21-15(17)2/h9,12,16H,4-8,10-11,13-14,19H2,1-3H3. The molecule has 3 heteroatoms. The summed E-state index contributed by atoms with van der Waals surface area (Å²) in [6.45, 7) is 6.05. The lowest BCUT2D eigenvalue weighted by Gasteiger charge is -2.41. The smallest absolute Gasteiger partial charge is 0.105 e. The first-order valence-electron chi connectivity index (χ1n) is 8.55. The first-order chi connectivity index (χ1) is 10.1. The molecule has 120 valence electrons. The van der Waals surface area contributed by atoms with Crippen LogP contribution in [0.1, 0.15) is 63.2 Å². The monoisotopic (exact) mass is 292 g/mol. The fourth-order valence-corrected chi connectivity index (χ4v) is 3.90. The quantitative estimate of drug-likeness (QED) is 0.803. The maximum atomic E-state index is 6.23. The van der Waals surface area contributed by atoms with E-state index in [2.05, 4.69) is 24.9 Å². The highest BCUT2D eigenvalue weighted by Crippen LogP contribution is 2.36. The Labute approximate surface area is 129 Å². The van der Waals surface area contributed by atoms with Crippen LogP contribution in [0, 0.1) is 12.8 Å². The van der Waals surface area contributed by atoms with E-state index >= 15 is 0 Å². The van der Waals surface area contributed by atoms with Gasteiger partial charge in [0.05, 0.1) is 6.26 Å². The van der Waals surface area contributed by atoms with Gasteiger partial charge in [0.25, 0.3) is 0 Å². The van der Waals surface area contributed by atoms with E-state index in [4.69, 9.17) is 10.2 Å². The first kappa shape index (κ1) is 16.6. The third kappa shape index (κ3) is 3.89. The van der Waals surface area contributed by atoms with E-state index in [9.17, 15) is 0 Å². The van der Waals surface area contributed by atoms with Crippen molar-refractivity contribution in [3.63, 3.8) is 0 Å². The lowest BCUT2D eigenvalue weighted by Crippen LogP contribution is -2.51. The van der Waals surface area contributed by atoms with Crippen molar-refractivity contribution in [2.75, 3.05) is 13.6 Å². The summed E-state index contributed by atoms with van der Waals surface area (Å²) in [6, 6.07) is 2.09. The van der Waals surface area contributed by atoms with E-state index in [0.717, 1.165) is 24.8 Å². The Kier molecular flexibility index (Phi) is 5.88. The predicted octanol–water partition coefficient (Wildman–Crippen LogP) is 4.10. The first-order valence-corrected chi connectivity index (χ1v) is 8.55. The topological polar surface area (TPSA) is 42.4 Å². The minimum absolute atomic E-state index is 0.173. The molecule has 2 atom stereocenters. The molecule has 1 heterocycles. The van der Waals surface area contributed by atoms with Crippen LogP contribution in [0.3, 0.4) is 0 Å². The Morgan fingerprint density at radius 2 is 2.19 bits per heavy atom. The molecule has 0 radical (unpaired) electrons. The zero-order valence-corrected chi connectivity index (χ0v) is 14.0. The molecule has 0 spiro atoms. The van der Waals surface area contributed by atoms with Crippen molar-refractivity contribution in [2.45, 2.75) is 70.9 Å². The summed E-state index contributed by atoms with van der Waals surface area (Å²) in [6.07, 6.45) is 11.0. The maximum Gasteiger partial charge on any atom is 0.105 e. The molecule has 1 saturated carbocycles. The highest BCUT2D eigenvalue weighted by molar-refractivity contribution is 5.16. The van der Waals surface area contributed by atoms with Crippen LogP contribution in [0.4, 0.5) is 0 Å². The molecular formula is C18H32N2O. The van der Waals surface area contributed by atoms with Crippen LogP contribution in [0.5, 0.6) is 0 Å². The number of nitrogens with two attached hydrogens (primary N) is 1. The van der Waals surface area contributed by atoms with Crippen molar-refractivity contribution in [3.05, 3.63) is 23.7 Å². The van der Waals surface area contributed by atoms with Crippen LogP contribution in [0.2, 0.25) is 0 Å². The van der Waals surface area contributed by atoms with Crippen molar-refractivity contribution in [3.8, 4) is 0 Å². The third-order valence-corrected chi connectivity index (χ3v) is 5.53. The summed E-state index contributed by atoms with van der Waals surface area (Å²) in [7, 11) is 2.24. The van der Waals surface area contributed by atoms with Gasteiger partial charge in [0, 0.05) is 24.2 Å². The van der Waals surface area contributed by atoms with Gasteiger partial charge in [-0.15, -0.1) is 0 Å². The molecule has 1 aromatic heterocycles. The highest BCUT2D eigenvalue weighted by atomic mass is 16.3. The van der Waals surface area contributed by atoms with E-state index < -0.39 is 0 Å². The van der Waals surface area contributed by atoms with Gasteiger partial charge in [0.15, 0.2) is 0 Å². The van der Waals surface area contributed by atoms with Crippen LogP contribution in [-0.4, -0.2) is 24.0 Å². The molecule has 0 amide bonds. The van der Waals surface area contributed by atoms with Gasteiger partial charge in [0.1, 0.15) is 5.76 Å². The second-order valence-corrected chi connectivity index (χ2v) is 6.87. The average molecular weight is 292 g/mol. The number of nitrogens with zero attached hydrogens (tertiary/aromatic N) is 1. The van der Waals surface area contributed by atoms with E-state index in [-0.39, 0.29) is 5.54 Å². The molecule has 0 aromatic carbocycles. The minimum Gasteiger partial charge on any atom is -0.469 e. The molecule has 21 heavy (non-hydrogen) atoms. The van der Waals surface area contributed by atoms with E-state index in [1.165, 1.54) is 50.5 Å². The molecule has 1 aromatic rings. The van der Waals surface area contributed by atoms with Crippen molar-refractivity contribution in [1.82, 2.24) is 4.90 Å². The van der Waals surface area contributed by atoms with Gasteiger partial charge in [0.2, 0.25) is 0 Å². The SMILES string of the molecule is CCCC1CCCC(CN)(N(C)Cc2ccoc2C)CC1. The second kappa shape index (κ2) is 7.46. The van der Waals surface area contributed by atoms with Crippen molar-refractivity contribution < 1.29 is 4.42 Å². The molecule has 2 N–H and O–H groups in total. The predicted molar refractivity (Wildman–Crippen MR) is 88.2 cm³/mol. The maximum absolute atomic E-state index is 6.23. The molecule has 0 saturated heterocycles. The van der Waals surface area contributed by atoms with E-state index in [1.807, 2.05) is 6.92 Å². The summed E-state index contributed by atoms with van der Waals surface area (Å²) in [5.74, 6) is 1.94. The Balaban J connectivity index is 2.04. The number of likely N-dealkylation sites (N-methyl/N-ethyl adjacent to an activating group) is 1. The molecule has 1 aliphatic carbocycles. The fraction of sp³-hybridized carbons (Fsp3) is 0.778. The second-order valence-electron chi connectivity index (χ2n) is 6.87. The Bertz CT molecular complexity index is 429. The van der Waals surface area contributed by atoms with E-state index in [0.29, 0.717) is 0 Å². The summed E-state index contributed by atoms with van der Waals surface area (Å²) >= 11 is 0. The van der Waals surface area contributed by atoms with Crippen LogP contribution < -0.4 is 5.73 Å². The Morgan fingerprint density at radius 3 is 2.81 bits per heavy atom. The van der Waals surface area contributed by atoms with Crippen molar-refractivity contribution in [1.29, 1.82) is 0 Å². The fourth-order valence-electron chi connectivity index (χ4n) is 3.90. The molecule has 1 fully saturated rings. The van der Waals surface area contributed by atoms with Gasteiger partial charge in [-0.2, -0.15) is 0 Å². The van der Waals surface area contributed by atoms with E-state index in [1.54, 1.807) is 6.26 Å². The Morgan fingerprint density at radius 1 is 1.38 bits per heavy atom. The summed E-state index contributed by atoms with van der Waals surface area (Å²) < 4.78 is 5.44. The number of furan rings is 1. The van der Waals surface area contributed by atoms with Crippen LogP contribution >= 0.6 is 0 Å². The highest BCUT2D eigenvalue weighted by Gasteiger charge is 2.35. The zero-order chi connectivity index (χ0) is 15.3. The zero-order valence-electron chi connectivity index (χ0n) is 14.0. The summed E-state index contributed by atoms with van der Waals surface area (Å²) in [5, 5.41) is 0. The molecule has 2 unspecified atom stereocenters.